The van der Waals surface area contributed by atoms with Crippen LogP contribution in [0, 0.1) is 5.92 Å². The van der Waals surface area contributed by atoms with Crippen LogP contribution in [0.5, 0.6) is 0 Å². The standard InChI is InChI=1S/C20H26N2O2/c23-19(21-13-12-15-6-2-1-3-7-15)11-10-17-14-16-8-4-5-9-18(16)22-20(17)24/h4-6,8-9,17H,1-3,7,10-14H2,(H,21,23)(H,22,24). The van der Waals surface area contributed by atoms with Crippen LogP contribution in [0.25, 0.3) is 0 Å². The fourth-order valence-electron chi connectivity index (χ4n) is 3.53. The second kappa shape index (κ2) is 8.13. The Bertz CT molecular complexity index is 636. The van der Waals surface area contributed by atoms with Crippen molar-refractivity contribution in [1.29, 1.82) is 0 Å². The Morgan fingerprint density at radius 3 is 2.96 bits per heavy atom. The third-order valence-electron chi connectivity index (χ3n) is 4.99. The molecule has 1 heterocycles. The fraction of sp³-hybridized carbons (Fsp3) is 0.500. The molecule has 0 saturated heterocycles. The van der Waals surface area contributed by atoms with Gasteiger partial charge >= 0.3 is 0 Å². The average molecular weight is 326 g/mol. The van der Waals surface area contributed by atoms with Gasteiger partial charge in [-0.05, 0) is 56.6 Å². The van der Waals surface area contributed by atoms with Crippen molar-refractivity contribution >= 4 is 17.5 Å². The Balaban J connectivity index is 1.40. The van der Waals surface area contributed by atoms with Gasteiger partial charge in [0.05, 0.1) is 0 Å². The number of hydrogen-bond donors (Lipinski definition) is 2. The molecule has 0 spiro atoms. The summed E-state index contributed by atoms with van der Waals surface area (Å²) in [6.45, 7) is 0.713. The quantitative estimate of drug-likeness (QED) is 0.785. The molecule has 0 aromatic heterocycles. The van der Waals surface area contributed by atoms with Gasteiger partial charge < -0.3 is 10.6 Å². The van der Waals surface area contributed by atoms with Crippen LogP contribution in [-0.4, -0.2) is 18.4 Å². The second-order valence-corrected chi connectivity index (χ2v) is 6.79. The summed E-state index contributed by atoms with van der Waals surface area (Å²) in [5.74, 6) is -0.0152. The first kappa shape index (κ1) is 16.7. The maximum absolute atomic E-state index is 12.1. The number of benzene rings is 1. The highest BCUT2D eigenvalue weighted by atomic mass is 16.2. The van der Waals surface area contributed by atoms with Crippen molar-refractivity contribution in [3.05, 3.63) is 41.5 Å². The van der Waals surface area contributed by atoms with Gasteiger partial charge in [-0.1, -0.05) is 29.8 Å². The Kier molecular flexibility index (Phi) is 5.68. The van der Waals surface area contributed by atoms with Crippen LogP contribution in [0.1, 0.15) is 50.5 Å². The molecule has 4 heteroatoms. The number of para-hydroxylation sites is 1. The number of rotatable bonds is 6. The first-order valence-corrected chi connectivity index (χ1v) is 9.06. The molecule has 1 aromatic carbocycles. The van der Waals surface area contributed by atoms with E-state index in [9.17, 15) is 9.59 Å². The predicted molar refractivity (Wildman–Crippen MR) is 95.7 cm³/mol. The summed E-state index contributed by atoms with van der Waals surface area (Å²) in [6.07, 6.45) is 9.96. The zero-order valence-electron chi connectivity index (χ0n) is 14.1. The number of carbonyl (C=O) groups is 2. The van der Waals surface area contributed by atoms with Crippen molar-refractivity contribution in [2.45, 2.75) is 51.4 Å². The highest BCUT2D eigenvalue weighted by Crippen LogP contribution is 2.27. The highest BCUT2D eigenvalue weighted by molar-refractivity contribution is 5.96. The van der Waals surface area contributed by atoms with Gasteiger partial charge in [0.25, 0.3) is 0 Å². The fourth-order valence-corrected chi connectivity index (χ4v) is 3.53. The Hall–Kier alpha value is -2.10. The van der Waals surface area contributed by atoms with Crippen LogP contribution in [-0.2, 0) is 16.0 Å². The minimum absolute atomic E-state index is 0.0360. The van der Waals surface area contributed by atoms with Gasteiger partial charge in [-0.3, -0.25) is 9.59 Å². The van der Waals surface area contributed by atoms with Crippen LogP contribution in [0.2, 0.25) is 0 Å². The van der Waals surface area contributed by atoms with Crippen LogP contribution >= 0.6 is 0 Å². The van der Waals surface area contributed by atoms with Crippen molar-refractivity contribution < 1.29 is 9.59 Å². The number of amides is 2. The predicted octanol–water partition coefficient (Wildman–Crippen LogP) is 3.58. The van der Waals surface area contributed by atoms with E-state index < -0.39 is 0 Å². The van der Waals surface area contributed by atoms with E-state index >= 15 is 0 Å². The number of hydrogen-bond acceptors (Lipinski definition) is 2. The summed E-state index contributed by atoms with van der Waals surface area (Å²) in [5, 5.41) is 5.93. The number of anilines is 1. The summed E-state index contributed by atoms with van der Waals surface area (Å²) in [7, 11) is 0. The van der Waals surface area contributed by atoms with E-state index in [0.29, 0.717) is 19.4 Å². The Morgan fingerprint density at radius 2 is 2.12 bits per heavy atom. The van der Waals surface area contributed by atoms with Crippen molar-refractivity contribution in [3.63, 3.8) is 0 Å². The first-order valence-electron chi connectivity index (χ1n) is 9.06. The summed E-state index contributed by atoms with van der Waals surface area (Å²) in [6, 6.07) is 7.88. The molecular formula is C20H26N2O2. The van der Waals surface area contributed by atoms with Gasteiger partial charge in [0, 0.05) is 24.6 Å². The zero-order chi connectivity index (χ0) is 16.8. The third kappa shape index (κ3) is 4.47. The molecule has 0 radical (unpaired) electrons. The van der Waals surface area contributed by atoms with E-state index in [-0.39, 0.29) is 17.7 Å². The van der Waals surface area contributed by atoms with Crippen molar-refractivity contribution in [2.75, 3.05) is 11.9 Å². The molecule has 1 aromatic rings. The van der Waals surface area contributed by atoms with Gasteiger partial charge in [-0.2, -0.15) is 0 Å². The lowest BCUT2D eigenvalue weighted by Gasteiger charge is -2.24. The van der Waals surface area contributed by atoms with Gasteiger partial charge in [0.15, 0.2) is 0 Å². The van der Waals surface area contributed by atoms with E-state index in [4.69, 9.17) is 0 Å². The molecule has 0 bridgehead atoms. The molecule has 0 saturated carbocycles. The Morgan fingerprint density at radius 1 is 1.25 bits per heavy atom. The number of nitrogens with one attached hydrogen (secondary N) is 2. The lowest BCUT2D eigenvalue weighted by atomic mass is 9.89. The molecule has 128 valence electrons. The minimum Gasteiger partial charge on any atom is -0.356 e. The summed E-state index contributed by atoms with van der Waals surface area (Å²) in [5.41, 5.74) is 3.54. The van der Waals surface area contributed by atoms with E-state index in [2.05, 4.69) is 16.7 Å². The summed E-state index contributed by atoms with van der Waals surface area (Å²) in [4.78, 5) is 24.2. The number of carbonyl (C=O) groups excluding carboxylic acids is 2. The third-order valence-corrected chi connectivity index (χ3v) is 4.99. The molecule has 4 nitrogen and oxygen atoms in total. The largest absolute Gasteiger partial charge is 0.356 e. The second-order valence-electron chi connectivity index (χ2n) is 6.79. The zero-order valence-corrected chi connectivity index (χ0v) is 14.1. The summed E-state index contributed by atoms with van der Waals surface area (Å²) < 4.78 is 0. The highest BCUT2D eigenvalue weighted by Gasteiger charge is 2.26. The number of fused-ring (bicyclic) bond motifs is 1. The van der Waals surface area contributed by atoms with Crippen LogP contribution in [0.4, 0.5) is 5.69 Å². The van der Waals surface area contributed by atoms with Crippen molar-refractivity contribution in [3.8, 4) is 0 Å². The van der Waals surface area contributed by atoms with Gasteiger partial charge in [0.1, 0.15) is 0 Å². The molecule has 0 fully saturated rings. The SMILES string of the molecule is O=C(CCC1Cc2ccccc2NC1=O)NCCC1=CCCCC1. The molecule has 3 rings (SSSR count). The van der Waals surface area contributed by atoms with Crippen molar-refractivity contribution in [2.24, 2.45) is 5.92 Å². The van der Waals surface area contributed by atoms with E-state index in [1.807, 2.05) is 24.3 Å². The van der Waals surface area contributed by atoms with E-state index in [1.54, 1.807) is 0 Å². The van der Waals surface area contributed by atoms with Gasteiger partial charge in [-0.15, -0.1) is 0 Å². The molecule has 1 atom stereocenters. The maximum Gasteiger partial charge on any atom is 0.227 e. The van der Waals surface area contributed by atoms with Gasteiger partial charge in [0.2, 0.25) is 11.8 Å². The molecule has 24 heavy (non-hydrogen) atoms. The van der Waals surface area contributed by atoms with Crippen LogP contribution < -0.4 is 10.6 Å². The average Bonchev–Trinajstić information content (AvgIpc) is 2.61. The molecule has 1 aliphatic heterocycles. The normalized spacial score (nSPS) is 19.9. The molecule has 1 aliphatic carbocycles. The maximum atomic E-state index is 12.1. The lowest BCUT2D eigenvalue weighted by Crippen LogP contribution is -2.32. The topological polar surface area (TPSA) is 58.2 Å². The van der Waals surface area contributed by atoms with E-state index in [1.165, 1.54) is 31.3 Å². The van der Waals surface area contributed by atoms with Crippen LogP contribution in [0.3, 0.4) is 0 Å². The molecular weight excluding hydrogens is 300 g/mol. The van der Waals surface area contributed by atoms with Gasteiger partial charge in [-0.25, -0.2) is 0 Å². The van der Waals surface area contributed by atoms with Crippen molar-refractivity contribution in [1.82, 2.24) is 5.32 Å². The monoisotopic (exact) mass is 326 g/mol. The number of allylic oxidation sites excluding steroid dienone is 1. The van der Waals surface area contributed by atoms with E-state index in [0.717, 1.165) is 24.1 Å². The first-order chi connectivity index (χ1) is 11.7. The lowest BCUT2D eigenvalue weighted by molar-refractivity contribution is -0.122. The van der Waals surface area contributed by atoms with Crippen LogP contribution in [0.15, 0.2) is 35.9 Å². The molecule has 2 amide bonds. The summed E-state index contributed by atoms with van der Waals surface area (Å²) >= 11 is 0. The molecule has 2 aliphatic rings. The minimum atomic E-state index is -0.105. The molecule has 2 N–H and O–H groups in total. The Labute approximate surface area is 143 Å². The molecule has 1 unspecified atom stereocenters. The smallest absolute Gasteiger partial charge is 0.227 e.